The first-order valence-corrected chi connectivity index (χ1v) is 3.45. The molecule has 0 radical (unpaired) electrons. The highest BCUT2D eigenvalue weighted by molar-refractivity contribution is 5.93. The molecule has 10 heavy (non-hydrogen) atoms. The molecule has 3 heteroatoms. The molecule has 0 aromatic rings. The van der Waals surface area contributed by atoms with E-state index in [1.807, 2.05) is 0 Å². The molecular formula is C7H7O3-. The van der Waals surface area contributed by atoms with E-state index in [2.05, 4.69) is 0 Å². The van der Waals surface area contributed by atoms with E-state index in [4.69, 9.17) is 0 Å². The lowest BCUT2D eigenvalue weighted by Crippen LogP contribution is -2.27. The second kappa shape index (κ2) is 1.59. The van der Waals surface area contributed by atoms with Crippen molar-refractivity contribution in [1.82, 2.24) is 0 Å². The maximum atomic E-state index is 10.8. The molecule has 0 aliphatic heterocycles. The van der Waals surface area contributed by atoms with Crippen molar-refractivity contribution in [2.75, 3.05) is 0 Å². The van der Waals surface area contributed by atoms with E-state index < -0.39 is 11.9 Å². The molecule has 0 aromatic carbocycles. The van der Waals surface area contributed by atoms with Crippen LogP contribution in [0.3, 0.4) is 0 Å². The number of ketones is 1. The molecule has 0 spiro atoms. The summed E-state index contributed by atoms with van der Waals surface area (Å²) in [5.41, 5.74) is 0. The first-order chi connectivity index (χ1) is 4.72. The molecule has 3 unspecified atom stereocenters. The molecule has 54 valence electrons. The van der Waals surface area contributed by atoms with Crippen LogP contribution in [0.15, 0.2) is 0 Å². The molecule has 2 rings (SSSR count). The molecule has 0 amide bonds. The van der Waals surface area contributed by atoms with Crippen molar-refractivity contribution >= 4 is 11.8 Å². The molecule has 0 N–H and O–H groups in total. The molecule has 3 nitrogen and oxygen atoms in total. The van der Waals surface area contributed by atoms with E-state index in [1.54, 1.807) is 0 Å². The average Bonchev–Trinajstić information content (AvgIpc) is 2.48. The predicted octanol–water partition coefficient (Wildman–Crippen LogP) is -1.04. The Morgan fingerprint density at radius 1 is 1.60 bits per heavy atom. The van der Waals surface area contributed by atoms with Gasteiger partial charge in [-0.05, 0) is 12.3 Å². The van der Waals surface area contributed by atoms with E-state index in [9.17, 15) is 14.7 Å². The van der Waals surface area contributed by atoms with Gasteiger partial charge in [-0.25, -0.2) is 0 Å². The van der Waals surface area contributed by atoms with Gasteiger partial charge in [0.05, 0.1) is 0 Å². The summed E-state index contributed by atoms with van der Waals surface area (Å²) in [6, 6.07) is 0. The second-order valence-electron chi connectivity index (χ2n) is 3.04. The third kappa shape index (κ3) is 0.549. The van der Waals surface area contributed by atoms with E-state index in [0.29, 0.717) is 6.42 Å². The Bertz CT molecular complexity index is 205. The van der Waals surface area contributed by atoms with Gasteiger partial charge < -0.3 is 9.90 Å². The van der Waals surface area contributed by atoms with E-state index in [1.165, 1.54) is 0 Å². The summed E-state index contributed by atoms with van der Waals surface area (Å²) >= 11 is 0. The van der Waals surface area contributed by atoms with Gasteiger partial charge in [0.2, 0.25) is 0 Å². The summed E-state index contributed by atoms with van der Waals surface area (Å²) in [6.45, 7) is 0. The molecule has 3 atom stereocenters. The van der Waals surface area contributed by atoms with Gasteiger partial charge in [0, 0.05) is 24.2 Å². The van der Waals surface area contributed by atoms with Crippen LogP contribution in [0.5, 0.6) is 0 Å². The first kappa shape index (κ1) is 5.89. The number of aliphatic carboxylic acids is 1. The zero-order valence-electron chi connectivity index (χ0n) is 5.37. The lowest BCUT2D eigenvalue weighted by Gasteiger charge is -2.01. The second-order valence-corrected chi connectivity index (χ2v) is 3.04. The number of fused-ring (bicyclic) bond motifs is 1. The maximum absolute atomic E-state index is 10.8. The Hall–Kier alpha value is -0.860. The van der Waals surface area contributed by atoms with Crippen molar-refractivity contribution < 1.29 is 14.7 Å². The SMILES string of the molecule is O=C([O-])C1C2CCC(=O)C21. The fraction of sp³-hybridized carbons (Fsp3) is 0.714. The minimum atomic E-state index is -1.04. The topological polar surface area (TPSA) is 57.2 Å². The molecule has 2 aliphatic rings. The highest BCUT2D eigenvalue weighted by atomic mass is 16.4. The van der Waals surface area contributed by atoms with Crippen molar-refractivity contribution in [3.8, 4) is 0 Å². The normalized spacial score (nSPS) is 43.2. The zero-order valence-corrected chi connectivity index (χ0v) is 5.37. The Kier molecular flexibility index (Phi) is 0.938. The molecule has 2 fully saturated rings. The van der Waals surface area contributed by atoms with E-state index in [-0.39, 0.29) is 17.6 Å². The highest BCUT2D eigenvalue weighted by Gasteiger charge is 2.58. The molecule has 2 aliphatic carbocycles. The third-order valence-corrected chi connectivity index (χ3v) is 2.54. The summed E-state index contributed by atoms with van der Waals surface area (Å²) in [4.78, 5) is 21.1. The summed E-state index contributed by atoms with van der Waals surface area (Å²) in [5, 5.41) is 10.3. The van der Waals surface area contributed by atoms with Crippen molar-refractivity contribution in [2.24, 2.45) is 17.8 Å². The molecule has 0 heterocycles. The van der Waals surface area contributed by atoms with Gasteiger partial charge in [-0.15, -0.1) is 0 Å². The van der Waals surface area contributed by atoms with Crippen LogP contribution < -0.4 is 5.11 Å². The smallest absolute Gasteiger partial charge is 0.136 e. The van der Waals surface area contributed by atoms with E-state index in [0.717, 1.165) is 6.42 Å². The standard InChI is InChI=1S/C7H8O3/c8-4-2-1-3-5(4)6(3)7(9)10/h3,5-6H,1-2H2,(H,9,10)/p-1. The third-order valence-electron chi connectivity index (χ3n) is 2.54. The number of carboxylic acid groups (broad SMARTS) is 1. The number of rotatable bonds is 1. The van der Waals surface area contributed by atoms with Crippen molar-refractivity contribution in [3.05, 3.63) is 0 Å². The summed E-state index contributed by atoms with van der Waals surface area (Å²) < 4.78 is 0. The predicted molar refractivity (Wildman–Crippen MR) is 29.7 cm³/mol. The van der Waals surface area contributed by atoms with Crippen LogP contribution in [0.25, 0.3) is 0 Å². The fourth-order valence-corrected chi connectivity index (χ4v) is 1.97. The van der Waals surface area contributed by atoms with E-state index >= 15 is 0 Å². The molecule has 0 saturated heterocycles. The Morgan fingerprint density at radius 2 is 2.30 bits per heavy atom. The van der Waals surface area contributed by atoms with Crippen LogP contribution in [0.4, 0.5) is 0 Å². The van der Waals surface area contributed by atoms with Crippen LogP contribution in [-0.2, 0) is 9.59 Å². The lowest BCUT2D eigenvalue weighted by molar-refractivity contribution is -0.308. The van der Waals surface area contributed by atoms with Crippen molar-refractivity contribution in [1.29, 1.82) is 0 Å². The number of carbonyl (C=O) groups is 2. The van der Waals surface area contributed by atoms with Crippen LogP contribution in [0.1, 0.15) is 12.8 Å². The van der Waals surface area contributed by atoms with Crippen molar-refractivity contribution in [3.63, 3.8) is 0 Å². The molecular weight excluding hydrogens is 132 g/mol. The summed E-state index contributed by atoms with van der Waals surface area (Å²) in [6.07, 6.45) is 1.35. The van der Waals surface area contributed by atoms with Crippen LogP contribution in [0, 0.1) is 17.8 Å². The Morgan fingerprint density at radius 3 is 2.60 bits per heavy atom. The van der Waals surface area contributed by atoms with Gasteiger partial charge in [0.1, 0.15) is 5.78 Å². The number of carbonyl (C=O) groups excluding carboxylic acids is 2. The van der Waals surface area contributed by atoms with Crippen LogP contribution in [-0.4, -0.2) is 11.8 Å². The number of hydrogen-bond acceptors (Lipinski definition) is 3. The molecule has 2 saturated carbocycles. The summed E-state index contributed by atoms with van der Waals surface area (Å²) in [5.74, 6) is -1.37. The fourth-order valence-electron chi connectivity index (χ4n) is 1.97. The largest absolute Gasteiger partial charge is 0.550 e. The van der Waals surface area contributed by atoms with Gasteiger partial charge in [-0.1, -0.05) is 0 Å². The Labute approximate surface area is 58.0 Å². The molecule has 0 bridgehead atoms. The van der Waals surface area contributed by atoms with Gasteiger partial charge in [0.25, 0.3) is 0 Å². The quantitative estimate of drug-likeness (QED) is 0.466. The monoisotopic (exact) mass is 139 g/mol. The highest BCUT2D eigenvalue weighted by Crippen LogP contribution is 2.54. The molecule has 0 aromatic heterocycles. The van der Waals surface area contributed by atoms with Crippen LogP contribution >= 0.6 is 0 Å². The first-order valence-electron chi connectivity index (χ1n) is 3.45. The van der Waals surface area contributed by atoms with Gasteiger partial charge >= 0.3 is 0 Å². The maximum Gasteiger partial charge on any atom is 0.136 e. The zero-order chi connectivity index (χ0) is 7.30. The Balaban J connectivity index is 2.12. The summed E-state index contributed by atoms with van der Waals surface area (Å²) in [7, 11) is 0. The van der Waals surface area contributed by atoms with Gasteiger partial charge in [0.15, 0.2) is 0 Å². The lowest BCUT2D eigenvalue weighted by atomic mass is 10.1. The minimum absolute atomic E-state index is 0.124. The van der Waals surface area contributed by atoms with Gasteiger partial charge in [-0.3, -0.25) is 4.79 Å². The average molecular weight is 139 g/mol. The van der Waals surface area contributed by atoms with Gasteiger partial charge in [-0.2, -0.15) is 0 Å². The van der Waals surface area contributed by atoms with Crippen molar-refractivity contribution in [2.45, 2.75) is 12.8 Å². The number of Topliss-reactive ketones (excluding diaryl/α,β-unsaturated/α-hetero) is 1. The number of carboxylic acids is 1. The minimum Gasteiger partial charge on any atom is -0.550 e. The number of hydrogen-bond donors (Lipinski definition) is 0. The van der Waals surface area contributed by atoms with Crippen LogP contribution in [0.2, 0.25) is 0 Å².